The predicted molar refractivity (Wildman–Crippen MR) is 78.5 cm³/mol. The average Bonchev–Trinajstić information content (AvgIpc) is 2.41. The van der Waals surface area contributed by atoms with Crippen molar-refractivity contribution in [2.45, 2.75) is 26.3 Å². The van der Waals surface area contributed by atoms with Gasteiger partial charge in [0.2, 0.25) is 5.91 Å². The van der Waals surface area contributed by atoms with Gasteiger partial charge in [0.15, 0.2) is 0 Å². The molecule has 1 N–H and O–H groups in total. The third-order valence-electron chi connectivity index (χ3n) is 2.43. The monoisotopic (exact) mass is 343 g/mol. The number of hydrogen-bond donors (Lipinski definition) is 1. The van der Waals surface area contributed by atoms with Crippen LogP contribution in [-0.4, -0.2) is 31.1 Å². The van der Waals surface area contributed by atoms with Crippen LogP contribution in [0.3, 0.4) is 0 Å². The predicted octanol–water partition coefficient (Wildman–Crippen LogP) is 2.29. The fourth-order valence-electron chi connectivity index (χ4n) is 1.43. The molecule has 0 aliphatic carbocycles. The van der Waals surface area contributed by atoms with Crippen LogP contribution in [0, 0.1) is 0 Å². The summed E-state index contributed by atoms with van der Waals surface area (Å²) in [6.07, 6.45) is 0.180. The first-order valence-electron chi connectivity index (χ1n) is 6.37. The third-order valence-corrected chi connectivity index (χ3v) is 2.96. The molecular weight excluding hydrogens is 326 g/mol. The number of carbonyl (C=O) groups excluding carboxylic acids is 2. The molecule has 0 aliphatic heterocycles. The number of esters is 1. The second-order valence-electron chi connectivity index (χ2n) is 4.09. The first-order valence-corrected chi connectivity index (χ1v) is 7.16. The number of rotatable bonds is 7. The van der Waals surface area contributed by atoms with E-state index in [1.54, 1.807) is 13.8 Å². The van der Waals surface area contributed by atoms with E-state index in [1.165, 1.54) is 0 Å². The van der Waals surface area contributed by atoms with Gasteiger partial charge in [-0.15, -0.1) is 0 Å². The quantitative estimate of drug-likeness (QED) is 0.771. The van der Waals surface area contributed by atoms with E-state index in [2.05, 4.69) is 21.2 Å². The lowest BCUT2D eigenvalue weighted by Crippen LogP contribution is -2.40. The highest BCUT2D eigenvalue weighted by Crippen LogP contribution is 2.16. The Balaban J connectivity index is 2.26. The van der Waals surface area contributed by atoms with Crippen molar-refractivity contribution in [1.82, 2.24) is 5.32 Å². The molecule has 0 bridgehead atoms. The fraction of sp³-hybridized carbons (Fsp3) is 0.429. The molecule has 0 heterocycles. The molecule has 1 amide bonds. The lowest BCUT2D eigenvalue weighted by Gasteiger charge is -2.12. The van der Waals surface area contributed by atoms with E-state index < -0.39 is 12.0 Å². The molecule has 1 unspecified atom stereocenters. The minimum atomic E-state index is -0.643. The third kappa shape index (κ3) is 6.06. The normalized spacial score (nSPS) is 11.6. The number of hydrogen-bond acceptors (Lipinski definition) is 4. The van der Waals surface area contributed by atoms with Crippen LogP contribution in [0.5, 0.6) is 5.75 Å². The van der Waals surface area contributed by atoms with Gasteiger partial charge >= 0.3 is 5.97 Å². The Morgan fingerprint density at radius 2 is 1.95 bits per heavy atom. The van der Waals surface area contributed by atoms with Gasteiger partial charge in [0.1, 0.15) is 11.8 Å². The molecule has 0 aliphatic rings. The van der Waals surface area contributed by atoms with Crippen LogP contribution in [0.15, 0.2) is 28.7 Å². The van der Waals surface area contributed by atoms with E-state index >= 15 is 0 Å². The molecule has 0 aromatic heterocycles. The number of carbonyl (C=O) groups is 2. The fourth-order valence-corrected chi connectivity index (χ4v) is 1.70. The Kier molecular flexibility index (Phi) is 7.08. The van der Waals surface area contributed by atoms with Crippen LogP contribution in [0.4, 0.5) is 0 Å². The first kappa shape index (κ1) is 16.5. The van der Waals surface area contributed by atoms with Crippen molar-refractivity contribution in [2.24, 2.45) is 0 Å². The first-order chi connectivity index (χ1) is 9.52. The molecule has 110 valence electrons. The minimum Gasteiger partial charge on any atom is -0.493 e. The van der Waals surface area contributed by atoms with Crippen LogP contribution in [-0.2, 0) is 14.3 Å². The molecule has 0 saturated carbocycles. The molecule has 0 radical (unpaired) electrons. The minimum absolute atomic E-state index is 0.180. The number of nitrogens with one attached hydrogen (secondary N) is 1. The van der Waals surface area contributed by atoms with Crippen LogP contribution in [0.1, 0.15) is 20.3 Å². The summed E-state index contributed by atoms with van der Waals surface area (Å²) < 4.78 is 11.2. The van der Waals surface area contributed by atoms with Crippen LogP contribution in [0.2, 0.25) is 0 Å². The number of amides is 1. The zero-order valence-electron chi connectivity index (χ0n) is 11.5. The number of halogens is 1. The molecule has 0 fully saturated rings. The van der Waals surface area contributed by atoms with Gasteiger partial charge in [-0.2, -0.15) is 0 Å². The van der Waals surface area contributed by atoms with Crippen molar-refractivity contribution in [3.05, 3.63) is 28.7 Å². The maximum absolute atomic E-state index is 11.6. The van der Waals surface area contributed by atoms with Gasteiger partial charge in [0.05, 0.1) is 19.6 Å². The summed E-state index contributed by atoms with van der Waals surface area (Å²) in [7, 11) is 0. The zero-order valence-corrected chi connectivity index (χ0v) is 13.1. The Labute approximate surface area is 126 Å². The molecule has 1 aromatic carbocycles. The molecule has 20 heavy (non-hydrogen) atoms. The molecule has 1 aromatic rings. The van der Waals surface area contributed by atoms with Gasteiger partial charge in [-0.1, -0.05) is 15.9 Å². The van der Waals surface area contributed by atoms with Crippen molar-refractivity contribution in [3.63, 3.8) is 0 Å². The zero-order chi connectivity index (χ0) is 15.0. The summed E-state index contributed by atoms with van der Waals surface area (Å²) in [4.78, 5) is 22.9. The summed E-state index contributed by atoms with van der Waals surface area (Å²) in [5, 5.41) is 2.56. The highest BCUT2D eigenvalue weighted by Gasteiger charge is 2.16. The van der Waals surface area contributed by atoms with Crippen molar-refractivity contribution in [1.29, 1.82) is 0 Å². The topological polar surface area (TPSA) is 64.6 Å². The van der Waals surface area contributed by atoms with Crippen LogP contribution < -0.4 is 10.1 Å². The maximum atomic E-state index is 11.6. The van der Waals surface area contributed by atoms with E-state index in [0.717, 1.165) is 4.47 Å². The summed E-state index contributed by atoms with van der Waals surface area (Å²) >= 11 is 3.33. The highest BCUT2D eigenvalue weighted by molar-refractivity contribution is 9.10. The van der Waals surface area contributed by atoms with Crippen LogP contribution >= 0.6 is 15.9 Å². The van der Waals surface area contributed by atoms with Crippen molar-refractivity contribution < 1.29 is 19.1 Å². The van der Waals surface area contributed by atoms with Crippen LogP contribution in [0.25, 0.3) is 0 Å². The van der Waals surface area contributed by atoms with Crippen molar-refractivity contribution >= 4 is 27.8 Å². The smallest absolute Gasteiger partial charge is 0.328 e. The van der Waals surface area contributed by atoms with E-state index in [9.17, 15) is 9.59 Å². The van der Waals surface area contributed by atoms with Gasteiger partial charge in [-0.3, -0.25) is 4.79 Å². The lowest BCUT2D eigenvalue weighted by molar-refractivity contribution is -0.146. The molecule has 1 rings (SSSR count). The van der Waals surface area contributed by atoms with Gasteiger partial charge < -0.3 is 14.8 Å². The van der Waals surface area contributed by atoms with Gasteiger partial charge in [-0.25, -0.2) is 4.79 Å². The van der Waals surface area contributed by atoms with E-state index in [-0.39, 0.29) is 18.9 Å². The summed E-state index contributed by atoms with van der Waals surface area (Å²) in [6.45, 7) is 3.86. The SMILES string of the molecule is CCOC(=O)C(C)NC(=O)CCOc1ccc(Br)cc1. The molecule has 6 heteroatoms. The molecule has 0 spiro atoms. The maximum Gasteiger partial charge on any atom is 0.328 e. The van der Waals surface area contributed by atoms with Crippen molar-refractivity contribution in [2.75, 3.05) is 13.2 Å². The molecule has 0 saturated heterocycles. The highest BCUT2D eigenvalue weighted by atomic mass is 79.9. The molecular formula is C14H18BrNO4. The Hall–Kier alpha value is -1.56. The van der Waals surface area contributed by atoms with Gasteiger partial charge in [0.25, 0.3) is 0 Å². The Morgan fingerprint density at radius 3 is 2.55 bits per heavy atom. The standard InChI is InChI=1S/C14H18BrNO4/c1-3-19-14(18)10(2)16-13(17)8-9-20-12-6-4-11(15)5-7-12/h4-7,10H,3,8-9H2,1-2H3,(H,16,17). The molecule has 1 atom stereocenters. The van der Waals surface area contributed by atoms with E-state index in [4.69, 9.17) is 9.47 Å². The van der Waals surface area contributed by atoms with E-state index in [0.29, 0.717) is 12.4 Å². The second kappa shape index (κ2) is 8.58. The number of ether oxygens (including phenoxy) is 2. The number of benzene rings is 1. The van der Waals surface area contributed by atoms with Gasteiger partial charge in [0, 0.05) is 4.47 Å². The average molecular weight is 344 g/mol. The Morgan fingerprint density at radius 1 is 1.30 bits per heavy atom. The molecule has 5 nitrogen and oxygen atoms in total. The summed E-state index contributed by atoms with van der Waals surface area (Å²) in [5.74, 6) is 0.0109. The second-order valence-corrected chi connectivity index (χ2v) is 5.01. The lowest BCUT2D eigenvalue weighted by atomic mass is 10.3. The summed E-state index contributed by atoms with van der Waals surface area (Å²) in [5.41, 5.74) is 0. The van der Waals surface area contributed by atoms with E-state index in [1.807, 2.05) is 24.3 Å². The summed E-state index contributed by atoms with van der Waals surface area (Å²) in [6, 6.07) is 6.69. The Bertz CT molecular complexity index is 447. The van der Waals surface area contributed by atoms with Gasteiger partial charge in [-0.05, 0) is 38.1 Å². The largest absolute Gasteiger partial charge is 0.493 e. The van der Waals surface area contributed by atoms with Crippen molar-refractivity contribution in [3.8, 4) is 5.75 Å².